The lowest BCUT2D eigenvalue weighted by Crippen LogP contribution is -1.99. The first-order valence-electron chi connectivity index (χ1n) is 5.63. The summed E-state index contributed by atoms with van der Waals surface area (Å²) in [4.78, 5) is 11.1. The smallest absolute Gasteiger partial charge is 0.337 e. The molecule has 0 spiro atoms. The number of hydrogen-bond acceptors (Lipinski definition) is 2. The third-order valence-corrected chi connectivity index (χ3v) is 3.24. The number of carboxylic acids is 1. The van der Waals surface area contributed by atoms with Crippen molar-refractivity contribution in [3.63, 3.8) is 0 Å². The molecule has 4 nitrogen and oxygen atoms in total. The van der Waals surface area contributed by atoms with Crippen molar-refractivity contribution < 1.29 is 9.90 Å². The van der Waals surface area contributed by atoms with Gasteiger partial charge >= 0.3 is 5.97 Å². The number of hydrogen-bond donors (Lipinski definition) is 1. The average molecular weight is 273 g/mol. The van der Waals surface area contributed by atoms with Gasteiger partial charge in [0.2, 0.25) is 0 Å². The number of pyridine rings is 1. The lowest BCUT2D eigenvalue weighted by Gasteiger charge is -2.07. The standard InChI is InChI=1S/C14H9ClN2O2/c15-12-5-4-9(8-11(12)14(18)19)13-3-1-2-10-6-7-16-17(10)13/h1-8H,(H,18,19). The van der Waals surface area contributed by atoms with Crippen LogP contribution >= 0.6 is 11.6 Å². The maximum Gasteiger partial charge on any atom is 0.337 e. The van der Waals surface area contributed by atoms with Crippen molar-refractivity contribution in [1.29, 1.82) is 0 Å². The van der Waals surface area contributed by atoms with Gasteiger partial charge < -0.3 is 5.11 Å². The van der Waals surface area contributed by atoms with Crippen molar-refractivity contribution in [3.8, 4) is 11.3 Å². The summed E-state index contributed by atoms with van der Waals surface area (Å²) in [6.45, 7) is 0. The van der Waals surface area contributed by atoms with Crippen LogP contribution in [-0.4, -0.2) is 20.7 Å². The van der Waals surface area contributed by atoms with Gasteiger partial charge in [-0.3, -0.25) is 0 Å². The molecule has 0 bridgehead atoms. The molecule has 0 unspecified atom stereocenters. The summed E-state index contributed by atoms with van der Waals surface area (Å²) in [5.74, 6) is -1.04. The molecule has 0 atom stereocenters. The Balaban J connectivity index is 2.24. The Morgan fingerprint density at radius 1 is 1.21 bits per heavy atom. The normalized spacial score (nSPS) is 10.8. The average Bonchev–Trinajstić information content (AvgIpc) is 2.87. The largest absolute Gasteiger partial charge is 0.478 e. The van der Waals surface area contributed by atoms with Crippen LogP contribution in [0.1, 0.15) is 10.4 Å². The molecule has 0 aliphatic carbocycles. The Hall–Kier alpha value is -2.33. The third-order valence-electron chi connectivity index (χ3n) is 2.91. The van der Waals surface area contributed by atoms with E-state index in [1.54, 1.807) is 28.9 Å². The van der Waals surface area contributed by atoms with Gasteiger partial charge in [0.05, 0.1) is 28.0 Å². The molecule has 0 saturated heterocycles. The lowest BCUT2D eigenvalue weighted by atomic mass is 10.1. The lowest BCUT2D eigenvalue weighted by molar-refractivity contribution is 0.0697. The number of carbonyl (C=O) groups is 1. The maximum atomic E-state index is 11.1. The summed E-state index contributed by atoms with van der Waals surface area (Å²) in [5, 5.41) is 13.6. The molecule has 19 heavy (non-hydrogen) atoms. The van der Waals surface area contributed by atoms with Crippen LogP contribution in [0, 0.1) is 0 Å². The highest BCUT2D eigenvalue weighted by molar-refractivity contribution is 6.33. The Morgan fingerprint density at radius 2 is 2.05 bits per heavy atom. The van der Waals surface area contributed by atoms with E-state index >= 15 is 0 Å². The van der Waals surface area contributed by atoms with Crippen LogP contribution in [0.4, 0.5) is 0 Å². The molecular weight excluding hydrogens is 264 g/mol. The van der Waals surface area contributed by atoms with Crippen molar-refractivity contribution in [2.75, 3.05) is 0 Å². The second-order valence-corrected chi connectivity index (χ2v) is 4.49. The van der Waals surface area contributed by atoms with E-state index in [2.05, 4.69) is 5.10 Å². The zero-order valence-corrected chi connectivity index (χ0v) is 10.5. The van der Waals surface area contributed by atoms with E-state index in [0.717, 1.165) is 16.8 Å². The van der Waals surface area contributed by atoms with Crippen LogP contribution < -0.4 is 0 Å². The molecule has 0 fully saturated rings. The second-order valence-electron chi connectivity index (χ2n) is 4.08. The number of fused-ring (bicyclic) bond motifs is 1. The highest BCUT2D eigenvalue weighted by Crippen LogP contribution is 2.25. The molecule has 0 saturated carbocycles. The molecule has 1 N–H and O–H groups in total. The molecule has 0 amide bonds. The predicted molar refractivity (Wildman–Crippen MR) is 72.6 cm³/mol. The number of rotatable bonds is 2. The maximum absolute atomic E-state index is 11.1. The van der Waals surface area contributed by atoms with Gasteiger partial charge in [-0.1, -0.05) is 23.7 Å². The molecule has 2 aromatic heterocycles. The fraction of sp³-hybridized carbons (Fsp3) is 0. The Morgan fingerprint density at radius 3 is 2.84 bits per heavy atom. The summed E-state index contributed by atoms with van der Waals surface area (Å²) >= 11 is 5.87. The number of carboxylic acid groups (broad SMARTS) is 1. The van der Waals surface area contributed by atoms with Crippen molar-refractivity contribution in [3.05, 3.63) is 59.2 Å². The quantitative estimate of drug-likeness (QED) is 0.778. The third kappa shape index (κ3) is 1.96. The second kappa shape index (κ2) is 4.40. The number of halogens is 1. The first kappa shape index (κ1) is 11.7. The van der Waals surface area contributed by atoms with Gasteiger partial charge in [-0.2, -0.15) is 5.10 Å². The SMILES string of the molecule is O=C(O)c1cc(-c2cccc3ccnn23)ccc1Cl. The van der Waals surface area contributed by atoms with Crippen LogP contribution in [0.25, 0.3) is 16.8 Å². The van der Waals surface area contributed by atoms with Gasteiger partial charge in [-0.25, -0.2) is 9.31 Å². The minimum atomic E-state index is -1.04. The van der Waals surface area contributed by atoms with Crippen LogP contribution in [-0.2, 0) is 0 Å². The molecule has 2 heterocycles. The number of benzene rings is 1. The molecule has 5 heteroatoms. The van der Waals surface area contributed by atoms with E-state index in [-0.39, 0.29) is 10.6 Å². The molecule has 0 aliphatic rings. The van der Waals surface area contributed by atoms with Crippen molar-refractivity contribution in [1.82, 2.24) is 9.61 Å². The van der Waals surface area contributed by atoms with E-state index in [9.17, 15) is 4.79 Å². The van der Waals surface area contributed by atoms with Crippen LogP contribution in [0.2, 0.25) is 5.02 Å². The Labute approximate surface area is 113 Å². The van der Waals surface area contributed by atoms with Gasteiger partial charge in [0.1, 0.15) is 0 Å². The molecule has 3 aromatic rings. The van der Waals surface area contributed by atoms with Gasteiger partial charge in [0, 0.05) is 5.56 Å². The molecule has 0 aliphatic heterocycles. The molecule has 3 rings (SSSR count). The van der Waals surface area contributed by atoms with Crippen molar-refractivity contribution in [2.45, 2.75) is 0 Å². The highest BCUT2D eigenvalue weighted by Gasteiger charge is 2.11. The van der Waals surface area contributed by atoms with Crippen LogP contribution in [0.15, 0.2) is 48.7 Å². The van der Waals surface area contributed by atoms with E-state index in [4.69, 9.17) is 16.7 Å². The summed E-state index contributed by atoms with van der Waals surface area (Å²) in [5.41, 5.74) is 2.62. The zero-order valence-electron chi connectivity index (χ0n) is 9.75. The summed E-state index contributed by atoms with van der Waals surface area (Å²) < 4.78 is 1.76. The minimum absolute atomic E-state index is 0.0864. The Bertz CT molecular complexity index is 780. The van der Waals surface area contributed by atoms with E-state index in [1.165, 1.54) is 0 Å². The molecular formula is C14H9ClN2O2. The molecule has 0 radical (unpaired) electrons. The van der Waals surface area contributed by atoms with Gasteiger partial charge in [0.15, 0.2) is 0 Å². The number of aromatic nitrogens is 2. The predicted octanol–water partition coefficient (Wildman–Crippen LogP) is 3.35. The molecule has 1 aromatic carbocycles. The topological polar surface area (TPSA) is 54.6 Å². The van der Waals surface area contributed by atoms with E-state index in [0.29, 0.717) is 0 Å². The molecule has 94 valence electrons. The fourth-order valence-electron chi connectivity index (χ4n) is 2.02. The number of aromatic carboxylic acids is 1. The highest BCUT2D eigenvalue weighted by atomic mass is 35.5. The first-order chi connectivity index (χ1) is 9.16. The fourth-order valence-corrected chi connectivity index (χ4v) is 2.21. The summed E-state index contributed by atoms with van der Waals surface area (Å²) in [6, 6.07) is 12.5. The van der Waals surface area contributed by atoms with Gasteiger partial charge in [-0.05, 0) is 30.3 Å². The van der Waals surface area contributed by atoms with Crippen molar-refractivity contribution in [2.24, 2.45) is 0 Å². The monoisotopic (exact) mass is 272 g/mol. The van der Waals surface area contributed by atoms with Gasteiger partial charge in [0.25, 0.3) is 0 Å². The summed E-state index contributed by atoms with van der Waals surface area (Å²) in [7, 11) is 0. The first-order valence-corrected chi connectivity index (χ1v) is 6.00. The van der Waals surface area contributed by atoms with Crippen molar-refractivity contribution >= 4 is 23.1 Å². The van der Waals surface area contributed by atoms with Crippen LogP contribution in [0.3, 0.4) is 0 Å². The van der Waals surface area contributed by atoms with E-state index < -0.39 is 5.97 Å². The van der Waals surface area contributed by atoms with Crippen LogP contribution in [0.5, 0.6) is 0 Å². The number of nitrogens with zero attached hydrogens (tertiary/aromatic N) is 2. The Kier molecular flexibility index (Phi) is 2.72. The summed E-state index contributed by atoms with van der Waals surface area (Å²) in [6.07, 6.45) is 1.70. The minimum Gasteiger partial charge on any atom is -0.478 e. The zero-order chi connectivity index (χ0) is 13.4. The van der Waals surface area contributed by atoms with Gasteiger partial charge in [-0.15, -0.1) is 0 Å². The van der Waals surface area contributed by atoms with E-state index in [1.807, 2.05) is 24.3 Å².